The maximum absolute atomic E-state index is 11.1. The van der Waals surface area contributed by atoms with E-state index < -0.39 is 0 Å². The van der Waals surface area contributed by atoms with Crippen molar-refractivity contribution < 1.29 is 14.3 Å². The highest BCUT2D eigenvalue weighted by Crippen LogP contribution is 2.09. The SMILES string of the molecule is C=C(C)C(=O)OCCOCCCCCCCCCCC. The van der Waals surface area contributed by atoms with Crippen LogP contribution in [0, 0.1) is 0 Å². The number of rotatable bonds is 14. The van der Waals surface area contributed by atoms with Crippen LogP contribution in [0.1, 0.15) is 71.6 Å². The maximum Gasteiger partial charge on any atom is 0.333 e. The second-order valence-electron chi connectivity index (χ2n) is 5.36. The predicted molar refractivity (Wildman–Crippen MR) is 83.8 cm³/mol. The van der Waals surface area contributed by atoms with E-state index in [2.05, 4.69) is 13.5 Å². The molecule has 0 fully saturated rings. The molecule has 3 nitrogen and oxygen atoms in total. The fourth-order valence-corrected chi connectivity index (χ4v) is 1.93. The Bertz CT molecular complexity index is 249. The molecule has 0 heterocycles. The minimum Gasteiger partial charge on any atom is -0.460 e. The van der Waals surface area contributed by atoms with Crippen molar-refractivity contribution in [2.75, 3.05) is 19.8 Å². The molecule has 0 aliphatic rings. The van der Waals surface area contributed by atoms with Gasteiger partial charge in [0.15, 0.2) is 0 Å². The number of unbranched alkanes of at least 4 members (excludes halogenated alkanes) is 8. The molecule has 0 aromatic rings. The molecule has 0 aromatic carbocycles. The third-order valence-electron chi connectivity index (χ3n) is 3.20. The van der Waals surface area contributed by atoms with E-state index in [0.29, 0.717) is 18.8 Å². The van der Waals surface area contributed by atoms with Gasteiger partial charge in [0.2, 0.25) is 0 Å². The number of hydrogen-bond donors (Lipinski definition) is 0. The Kier molecular flexibility index (Phi) is 14.0. The van der Waals surface area contributed by atoms with Crippen LogP contribution in [0.15, 0.2) is 12.2 Å². The summed E-state index contributed by atoms with van der Waals surface area (Å²) in [6.45, 7) is 8.98. The number of ether oxygens (including phenoxy) is 2. The standard InChI is InChI=1S/C17H32O3/c1-4-5-6-7-8-9-10-11-12-13-19-14-15-20-17(18)16(2)3/h2,4-15H2,1,3H3. The second kappa shape index (κ2) is 14.6. The molecular weight excluding hydrogens is 252 g/mol. The van der Waals surface area contributed by atoms with Gasteiger partial charge in [0.05, 0.1) is 6.61 Å². The summed E-state index contributed by atoms with van der Waals surface area (Å²) in [4.78, 5) is 11.1. The van der Waals surface area contributed by atoms with Crippen molar-refractivity contribution in [1.29, 1.82) is 0 Å². The lowest BCUT2D eigenvalue weighted by molar-refractivity contribution is -0.140. The molecule has 0 aliphatic heterocycles. The van der Waals surface area contributed by atoms with Gasteiger partial charge in [0, 0.05) is 12.2 Å². The van der Waals surface area contributed by atoms with Crippen molar-refractivity contribution >= 4 is 5.97 Å². The molecule has 0 spiro atoms. The molecule has 0 radical (unpaired) electrons. The molecule has 0 rings (SSSR count). The molecular formula is C17H32O3. The fraction of sp³-hybridized carbons (Fsp3) is 0.824. The van der Waals surface area contributed by atoms with Crippen LogP contribution in [0.3, 0.4) is 0 Å². The van der Waals surface area contributed by atoms with Crippen LogP contribution in [0.25, 0.3) is 0 Å². The summed E-state index contributed by atoms with van der Waals surface area (Å²) < 4.78 is 10.3. The molecule has 0 aromatic heterocycles. The molecule has 0 unspecified atom stereocenters. The Morgan fingerprint density at radius 1 is 0.850 bits per heavy atom. The van der Waals surface area contributed by atoms with E-state index in [1.54, 1.807) is 6.92 Å². The predicted octanol–water partition coefficient (Wildman–Crippen LogP) is 4.65. The van der Waals surface area contributed by atoms with Gasteiger partial charge in [-0.15, -0.1) is 0 Å². The highest BCUT2D eigenvalue weighted by atomic mass is 16.6. The van der Waals surface area contributed by atoms with Crippen LogP contribution in [-0.2, 0) is 14.3 Å². The lowest BCUT2D eigenvalue weighted by Crippen LogP contribution is -2.11. The minimum atomic E-state index is -0.336. The van der Waals surface area contributed by atoms with E-state index in [4.69, 9.17) is 9.47 Å². The monoisotopic (exact) mass is 284 g/mol. The Morgan fingerprint density at radius 2 is 1.40 bits per heavy atom. The number of hydrogen-bond acceptors (Lipinski definition) is 3. The summed E-state index contributed by atoms with van der Waals surface area (Å²) in [5.41, 5.74) is 0.434. The summed E-state index contributed by atoms with van der Waals surface area (Å²) >= 11 is 0. The van der Waals surface area contributed by atoms with Crippen LogP contribution in [0.5, 0.6) is 0 Å². The summed E-state index contributed by atoms with van der Waals surface area (Å²) in [5.74, 6) is -0.336. The van der Waals surface area contributed by atoms with Crippen LogP contribution in [-0.4, -0.2) is 25.8 Å². The first kappa shape index (κ1) is 19.2. The van der Waals surface area contributed by atoms with E-state index >= 15 is 0 Å². The van der Waals surface area contributed by atoms with E-state index in [1.807, 2.05) is 0 Å². The normalized spacial score (nSPS) is 10.5. The summed E-state index contributed by atoms with van der Waals surface area (Å²) in [6, 6.07) is 0. The third kappa shape index (κ3) is 13.6. The lowest BCUT2D eigenvalue weighted by Gasteiger charge is -2.06. The third-order valence-corrected chi connectivity index (χ3v) is 3.20. The molecule has 0 saturated heterocycles. The highest BCUT2D eigenvalue weighted by Gasteiger charge is 2.01. The molecule has 0 atom stereocenters. The van der Waals surface area contributed by atoms with Gasteiger partial charge in [-0.3, -0.25) is 0 Å². The highest BCUT2D eigenvalue weighted by molar-refractivity contribution is 5.86. The van der Waals surface area contributed by atoms with E-state index in [-0.39, 0.29) is 5.97 Å². The first-order chi connectivity index (χ1) is 9.68. The zero-order chi connectivity index (χ0) is 15.1. The van der Waals surface area contributed by atoms with Crippen LogP contribution >= 0.6 is 0 Å². The van der Waals surface area contributed by atoms with Gasteiger partial charge in [-0.25, -0.2) is 4.79 Å². The number of carbonyl (C=O) groups is 1. The fourth-order valence-electron chi connectivity index (χ4n) is 1.93. The summed E-state index contributed by atoms with van der Waals surface area (Å²) in [5, 5.41) is 0. The first-order valence-electron chi connectivity index (χ1n) is 8.08. The molecule has 3 heteroatoms. The number of carbonyl (C=O) groups excluding carboxylic acids is 1. The molecule has 0 saturated carbocycles. The second-order valence-corrected chi connectivity index (χ2v) is 5.36. The topological polar surface area (TPSA) is 35.5 Å². The van der Waals surface area contributed by atoms with Gasteiger partial charge in [-0.1, -0.05) is 64.9 Å². The summed E-state index contributed by atoms with van der Waals surface area (Å²) in [6.07, 6.45) is 11.8. The van der Waals surface area contributed by atoms with Gasteiger partial charge >= 0.3 is 5.97 Å². The maximum atomic E-state index is 11.1. The van der Waals surface area contributed by atoms with Crippen molar-refractivity contribution in [2.24, 2.45) is 0 Å². The van der Waals surface area contributed by atoms with Crippen LogP contribution < -0.4 is 0 Å². The van der Waals surface area contributed by atoms with Gasteiger partial charge in [-0.2, -0.15) is 0 Å². The van der Waals surface area contributed by atoms with Crippen LogP contribution in [0.4, 0.5) is 0 Å². The van der Waals surface area contributed by atoms with Crippen molar-refractivity contribution in [3.63, 3.8) is 0 Å². The zero-order valence-corrected chi connectivity index (χ0v) is 13.4. The van der Waals surface area contributed by atoms with Crippen LogP contribution in [0.2, 0.25) is 0 Å². The summed E-state index contributed by atoms with van der Waals surface area (Å²) in [7, 11) is 0. The van der Waals surface area contributed by atoms with E-state index in [0.717, 1.165) is 13.0 Å². The van der Waals surface area contributed by atoms with Crippen molar-refractivity contribution in [3.8, 4) is 0 Å². The molecule has 0 bridgehead atoms. The lowest BCUT2D eigenvalue weighted by atomic mass is 10.1. The Balaban J connectivity index is 3.06. The van der Waals surface area contributed by atoms with Gasteiger partial charge in [0.1, 0.15) is 6.61 Å². The van der Waals surface area contributed by atoms with Gasteiger partial charge < -0.3 is 9.47 Å². The molecule has 0 aliphatic carbocycles. The first-order valence-corrected chi connectivity index (χ1v) is 8.08. The minimum absolute atomic E-state index is 0.323. The molecule has 0 N–H and O–H groups in total. The largest absolute Gasteiger partial charge is 0.460 e. The van der Waals surface area contributed by atoms with Gasteiger partial charge in [-0.05, 0) is 13.3 Å². The van der Waals surface area contributed by atoms with Crippen molar-refractivity contribution in [1.82, 2.24) is 0 Å². The Morgan fingerprint density at radius 3 is 1.95 bits per heavy atom. The Hall–Kier alpha value is -0.830. The average Bonchev–Trinajstić information content (AvgIpc) is 2.43. The smallest absolute Gasteiger partial charge is 0.333 e. The molecule has 20 heavy (non-hydrogen) atoms. The molecule has 118 valence electrons. The van der Waals surface area contributed by atoms with Gasteiger partial charge in [0.25, 0.3) is 0 Å². The number of esters is 1. The van der Waals surface area contributed by atoms with E-state index in [9.17, 15) is 4.79 Å². The van der Waals surface area contributed by atoms with Crippen molar-refractivity contribution in [2.45, 2.75) is 71.6 Å². The Labute approximate surface area is 124 Å². The average molecular weight is 284 g/mol. The zero-order valence-electron chi connectivity index (χ0n) is 13.4. The quantitative estimate of drug-likeness (QED) is 0.264. The molecule has 0 amide bonds. The van der Waals surface area contributed by atoms with Crippen molar-refractivity contribution in [3.05, 3.63) is 12.2 Å². The van der Waals surface area contributed by atoms with E-state index in [1.165, 1.54) is 51.4 Å².